The average Bonchev–Trinajstić information content (AvgIpc) is 2.99. The number of carbonyl (C=O) groups excluding carboxylic acids is 1. The zero-order valence-corrected chi connectivity index (χ0v) is 26.2. The monoisotopic (exact) mass is 548 g/mol. The van der Waals surface area contributed by atoms with E-state index in [1.165, 1.54) is 6.92 Å². The average molecular weight is 549 g/mol. The van der Waals surface area contributed by atoms with Crippen molar-refractivity contribution in [3.8, 4) is 0 Å². The van der Waals surface area contributed by atoms with Crippen LogP contribution in [0.15, 0.2) is 0 Å². The van der Waals surface area contributed by atoms with Crippen molar-refractivity contribution in [2.75, 3.05) is 0 Å². The molecule has 3 N–H and O–H groups in total. The minimum atomic E-state index is -1.25. The van der Waals surface area contributed by atoms with Crippen LogP contribution in [0.3, 0.4) is 0 Å². The predicted molar refractivity (Wildman–Crippen MR) is 151 cm³/mol. The van der Waals surface area contributed by atoms with Gasteiger partial charge in [-0.15, -0.1) is 0 Å². The van der Waals surface area contributed by atoms with Crippen LogP contribution in [-0.4, -0.2) is 57.4 Å². The minimum absolute atomic E-state index is 0.0616. The van der Waals surface area contributed by atoms with Crippen molar-refractivity contribution in [3.63, 3.8) is 0 Å². The van der Waals surface area contributed by atoms with E-state index < -0.39 is 29.9 Å². The Hall–Kier alpha value is -0.690. The third-order valence-electron chi connectivity index (χ3n) is 14.3. The minimum Gasteiger partial charge on any atom is -0.457 e. The van der Waals surface area contributed by atoms with Gasteiger partial charge in [-0.2, -0.15) is 0 Å². The molecule has 0 amide bonds. The summed E-state index contributed by atoms with van der Waals surface area (Å²) in [6, 6.07) is 0. The summed E-state index contributed by atoms with van der Waals surface area (Å²) in [4.78, 5) is 12.0. The zero-order chi connectivity index (χ0) is 29.1. The van der Waals surface area contributed by atoms with Crippen LogP contribution >= 0.6 is 0 Å². The van der Waals surface area contributed by atoms with Gasteiger partial charge in [-0.05, 0) is 104 Å². The summed E-state index contributed by atoms with van der Waals surface area (Å²) in [5, 5.41) is 34.3. The number of hydrogen-bond acceptors (Lipinski definition) is 6. The Morgan fingerprint density at radius 3 is 2.08 bits per heavy atom. The van der Waals surface area contributed by atoms with Crippen molar-refractivity contribution in [2.45, 2.75) is 150 Å². The summed E-state index contributed by atoms with van der Waals surface area (Å²) in [6.07, 6.45) is 4.41. The van der Waals surface area contributed by atoms with Crippen LogP contribution in [0, 0.1) is 50.7 Å². The normalized spacial score (nSPS) is 53.6. The molecule has 224 valence electrons. The molecule has 6 nitrogen and oxygen atoms in total. The standard InChI is InChI=1S/C33H56O6/c1-18-17-20(27(29(5,6)37)38-19(2)34)39-25-24(18)32(9)16-15-31(8)22(33(32,10)26(25)36)12-11-21-28(3,4)23(35)13-14-30(21,31)7/h18,20-27,35-37H,11-17H2,1-10H3/t18-,20-,21+,22-,23+,24+,25-,26+,27-,30+,31-,32-,33-/m1/s1. The maximum absolute atomic E-state index is 12.4. The smallest absolute Gasteiger partial charge is 0.303 e. The highest BCUT2D eigenvalue weighted by Gasteiger charge is 2.77. The molecular formula is C33H56O6. The lowest BCUT2D eigenvalue weighted by molar-refractivity contribution is -0.256. The van der Waals surface area contributed by atoms with E-state index in [-0.39, 0.29) is 51.1 Å². The van der Waals surface area contributed by atoms with Gasteiger partial charge in [-0.25, -0.2) is 0 Å². The van der Waals surface area contributed by atoms with E-state index in [9.17, 15) is 20.1 Å². The second-order valence-corrected chi connectivity index (χ2v) is 16.6. The number of aliphatic hydroxyl groups is 3. The Morgan fingerprint density at radius 2 is 1.49 bits per heavy atom. The predicted octanol–water partition coefficient (Wildman–Crippen LogP) is 5.50. The molecule has 1 heterocycles. The molecule has 1 aliphatic heterocycles. The van der Waals surface area contributed by atoms with E-state index in [1.807, 2.05) is 0 Å². The van der Waals surface area contributed by atoms with Crippen LogP contribution < -0.4 is 0 Å². The van der Waals surface area contributed by atoms with Crippen molar-refractivity contribution >= 4 is 5.97 Å². The van der Waals surface area contributed by atoms with Crippen LogP contribution in [0.1, 0.15) is 114 Å². The number of carbonyl (C=O) groups is 1. The summed E-state index contributed by atoms with van der Waals surface area (Å²) >= 11 is 0. The summed E-state index contributed by atoms with van der Waals surface area (Å²) in [6.45, 7) is 21.3. The molecule has 0 aromatic rings. The van der Waals surface area contributed by atoms with E-state index in [4.69, 9.17) is 9.47 Å². The molecule has 4 aliphatic carbocycles. The summed E-state index contributed by atoms with van der Waals surface area (Å²) in [5.41, 5.74) is -1.60. The van der Waals surface area contributed by atoms with Gasteiger partial charge in [0.25, 0.3) is 0 Å². The molecule has 0 aromatic carbocycles. The van der Waals surface area contributed by atoms with Gasteiger partial charge in [-0.1, -0.05) is 48.5 Å². The van der Waals surface area contributed by atoms with Crippen molar-refractivity contribution in [1.82, 2.24) is 0 Å². The van der Waals surface area contributed by atoms with Crippen LogP contribution in [0.5, 0.6) is 0 Å². The van der Waals surface area contributed by atoms with E-state index in [0.717, 1.165) is 38.5 Å². The molecule has 4 saturated carbocycles. The Labute approximate surface area is 236 Å². The molecule has 0 bridgehead atoms. The van der Waals surface area contributed by atoms with Gasteiger partial charge >= 0.3 is 5.97 Å². The van der Waals surface area contributed by atoms with Gasteiger partial charge in [0.15, 0.2) is 6.10 Å². The quantitative estimate of drug-likeness (QED) is 0.403. The fourth-order valence-corrected chi connectivity index (χ4v) is 12.0. The van der Waals surface area contributed by atoms with Crippen LogP contribution in [-0.2, 0) is 14.3 Å². The van der Waals surface area contributed by atoms with E-state index in [2.05, 4.69) is 48.5 Å². The van der Waals surface area contributed by atoms with E-state index >= 15 is 0 Å². The second kappa shape index (κ2) is 8.91. The van der Waals surface area contributed by atoms with E-state index in [1.54, 1.807) is 13.8 Å². The summed E-state index contributed by atoms with van der Waals surface area (Å²) in [7, 11) is 0. The molecule has 5 aliphatic rings. The van der Waals surface area contributed by atoms with Crippen molar-refractivity contribution in [2.24, 2.45) is 50.7 Å². The molecule has 0 unspecified atom stereocenters. The van der Waals surface area contributed by atoms with Gasteiger partial charge in [0.2, 0.25) is 0 Å². The molecular weight excluding hydrogens is 492 g/mol. The lowest BCUT2D eigenvalue weighted by Crippen LogP contribution is -2.67. The van der Waals surface area contributed by atoms with E-state index in [0.29, 0.717) is 18.3 Å². The number of rotatable bonds is 3. The first-order valence-electron chi connectivity index (χ1n) is 15.7. The Morgan fingerprint density at radius 1 is 0.923 bits per heavy atom. The zero-order valence-electron chi connectivity index (χ0n) is 26.2. The number of ether oxygens (including phenoxy) is 2. The lowest BCUT2D eigenvalue weighted by atomic mass is 9.32. The third kappa shape index (κ3) is 3.75. The molecule has 0 spiro atoms. The molecule has 5 rings (SSSR count). The van der Waals surface area contributed by atoms with Gasteiger partial charge in [0.05, 0.1) is 30.0 Å². The topological polar surface area (TPSA) is 96.2 Å². The lowest BCUT2D eigenvalue weighted by Gasteiger charge is -2.72. The highest BCUT2D eigenvalue weighted by molar-refractivity contribution is 5.66. The first-order valence-corrected chi connectivity index (χ1v) is 15.7. The first kappa shape index (κ1) is 29.8. The SMILES string of the molecule is CC(=O)O[C@H]([C@H]1C[C@@H](C)[C@H]2[C@@H](O1)[C@H](O)[C@@]1(C)[C@@H]3CC[C@H]4C(C)(C)[C@@H](O)CC[C@]4(C)[C@]3(C)CC[C@]21C)C(C)(C)O. The Balaban J connectivity index is 1.53. The summed E-state index contributed by atoms with van der Waals surface area (Å²) in [5.74, 6) is 0.842. The van der Waals surface area contributed by atoms with Gasteiger partial charge in [0.1, 0.15) is 0 Å². The Bertz CT molecular complexity index is 987. The van der Waals surface area contributed by atoms with Crippen molar-refractivity contribution in [1.29, 1.82) is 0 Å². The highest BCUT2D eigenvalue weighted by Crippen LogP contribution is 2.79. The van der Waals surface area contributed by atoms with Crippen LogP contribution in [0.4, 0.5) is 0 Å². The maximum Gasteiger partial charge on any atom is 0.303 e. The first-order chi connectivity index (χ1) is 17.8. The third-order valence-corrected chi connectivity index (χ3v) is 14.3. The number of fused-ring (bicyclic) bond motifs is 7. The molecule has 0 radical (unpaired) electrons. The molecule has 39 heavy (non-hydrogen) atoms. The number of aliphatic hydroxyl groups excluding tert-OH is 2. The molecule has 5 fully saturated rings. The fourth-order valence-electron chi connectivity index (χ4n) is 12.0. The second-order valence-electron chi connectivity index (χ2n) is 16.6. The van der Waals surface area contributed by atoms with Crippen LogP contribution in [0.25, 0.3) is 0 Å². The largest absolute Gasteiger partial charge is 0.457 e. The van der Waals surface area contributed by atoms with Crippen molar-refractivity contribution in [3.05, 3.63) is 0 Å². The summed E-state index contributed by atoms with van der Waals surface area (Å²) < 4.78 is 12.4. The molecule has 1 saturated heterocycles. The number of hydrogen-bond donors (Lipinski definition) is 3. The molecule has 13 atom stereocenters. The van der Waals surface area contributed by atoms with Gasteiger partial charge in [-0.3, -0.25) is 4.79 Å². The van der Waals surface area contributed by atoms with Gasteiger partial charge in [0, 0.05) is 12.3 Å². The molecule has 6 heteroatoms. The molecule has 0 aromatic heterocycles. The van der Waals surface area contributed by atoms with Crippen molar-refractivity contribution < 1.29 is 29.6 Å². The van der Waals surface area contributed by atoms with Gasteiger partial charge < -0.3 is 24.8 Å². The number of esters is 1. The maximum atomic E-state index is 12.4. The highest BCUT2D eigenvalue weighted by atomic mass is 16.6. The van der Waals surface area contributed by atoms with Crippen LogP contribution in [0.2, 0.25) is 0 Å². The fraction of sp³-hybridized carbons (Fsp3) is 0.970. The Kier molecular flexibility index (Phi) is 6.80.